The zero-order valence-corrected chi connectivity index (χ0v) is 21.8. The first kappa shape index (κ1) is 24.5. The van der Waals surface area contributed by atoms with E-state index in [4.69, 9.17) is 0 Å². The number of hydrogen-bond acceptors (Lipinski definition) is 7. The Kier molecular flexibility index (Phi) is 6.11. The SMILES string of the molecule is Cc1nnc2cc([C@H](CC(=O)O)c3cccc(CN4CC5CCCN5c5ncccc5S4(=O)=O)c3)ccn12. The van der Waals surface area contributed by atoms with Gasteiger partial charge in [-0.05, 0) is 60.7 Å². The van der Waals surface area contributed by atoms with Gasteiger partial charge in [-0.15, -0.1) is 10.2 Å². The van der Waals surface area contributed by atoms with E-state index in [2.05, 4.69) is 20.1 Å². The normalized spacial score (nSPS) is 19.6. The van der Waals surface area contributed by atoms with E-state index in [-0.39, 0.29) is 23.9 Å². The molecule has 0 aliphatic carbocycles. The number of pyridine rings is 2. The number of rotatable bonds is 6. The average molecular weight is 533 g/mol. The van der Waals surface area contributed by atoms with E-state index in [1.165, 1.54) is 0 Å². The van der Waals surface area contributed by atoms with Gasteiger partial charge in [0.15, 0.2) is 5.65 Å². The number of anilines is 1. The van der Waals surface area contributed by atoms with Crippen molar-refractivity contribution in [1.29, 1.82) is 0 Å². The van der Waals surface area contributed by atoms with Crippen molar-refractivity contribution in [2.75, 3.05) is 18.0 Å². The van der Waals surface area contributed by atoms with Crippen LogP contribution >= 0.6 is 0 Å². The van der Waals surface area contributed by atoms with E-state index in [1.807, 2.05) is 53.9 Å². The van der Waals surface area contributed by atoms with Crippen LogP contribution in [0.4, 0.5) is 5.82 Å². The molecule has 2 aliphatic rings. The van der Waals surface area contributed by atoms with Gasteiger partial charge < -0.3 is 10.0 Å². The Morgan fingerprint density at radius 1 is 1.13 bits per heavy atom. The van der Waals surface area contributed by atoms with Crippen molar-refractivity contribution < 1.29 is 18.3 Å². The van der Waals surface area contributed by atoms with Crippen molar-refractivity contribution in [2.45, 2.75) is 49.6 Å². The first-order chi connectivity index (χ1) is 18.3. The predicted molar refractivity (Wildman–Crippen MR) is 140 cm³/mol. The zero-order valence-electron chi connectivity index (χ0n) is 20.9. The summed E-state index contributed by atoms with van der Waals surface area (Å²) in [7, 11) is -3.77. The molecule has 2 aliphatic heterocycles. The number of nitrogens with zero attached hydrogens (tertiary/aromatic N) is 6. The maximum atomic E-state index is 13.7. The summed E-state index contributed by atoms with van der Waals surface area (Å²) < 4.78 is 30.9. The minimum atomic E-state index is -3.77. The van der Waals surface area contributed by atoms with E-state index in [0.717, 1.165) is 41.9 Å². The van der Waals surface area contributed by atoms with Crippen LogP contribution in [0, 0.1) is 6.92 Å². The summed E-state index contributed by atoms with van der Waals surface area (Å²) in [5.74, 6) is -0.0598. The minimum Gasteiger partial charge on any atom is -0.481 e. The van der Waals surface area contributed by atoms with E-state index in [9.17, 15) is 18.3 Å². The monoisotopic (exact) mass is 532 g/mol. The number of hydrogen-bond donors (Lipinski definition) is 1. The molecule has 1 unspecified atom stereocenters. The highest BCUT2D eigenvalue weighted by molar-refractivity contribution is 7.89. The molecular weight excluding hydrogens is 504 g/mol. The lowest BCUT2D eigenvalue weighted by molar-refractivity contribution is -0.137. The number of carbonyl (C=O) groups is 1. The third kappa shape index (κ3) is 4.31. The second kappa shape index (κ2) is 9.48. The van der Waals surface area contributed by atoms with Gasteiger partial charge in [0.25, 0.3) is 0 Å². The third-order valence-electron chi connectivity index (χ3n) is 7.53. The second-order valence-corrected chi connectivity index (χ2v) is 11.8. The van der Waals surface area contributed by atoms with Crippen LogP contribution in [-0.4, -0.2) is 62.5 Å². The lowest BCUT2D eigenvalue weighted by Crippen LogP contribution is -2.39. The summed E-state index contributed by atoms with van der Waals surface area (Å²) in [5.41, 5.74) is 3.07. The predicted octanol–water partition coefficient (Wildman–Crippen LogP) is 3.21. The molecule has 1 N–H and O–H groups in total. The number of fused-ring (bicyclic) bond motifs is 4. The lowest BCUT2D eigenvalue weighted by Gasteiger charge is -2.26. The van der Waals surface area contributed by atoms with Crippen LogP contribution in [0.5, 0.6) is 0 Å². The molecular formula is C27H28N6O4S. The fourth-order valence-corrected chi connectivity index (χ4v) is 7.30. The highest BCUT2D eigenvalue weighted by Crippen LogP contribution is 2.36. The second-order valence-electron chi connectivity index (χ2n) is 9.94. The Morgan fingerprint density at radius 2 is 1.97 bits per heavy atom. The molecule has 0 saturated carbocycles. The largest absolute Gasteiger partial charge is 0.481 e. The van der Waals surface area contributed by atoms with E-state index < -0.39 is 21.9 Å². The molecule has 0 radical (unpaired) electrons. The summed E-state index contributed by atoms with van der Waals surface area (Å²) in [4.78, 5) is 18.6. The smallest absolute Gasteiger partial charge is 0.304 e. The maximum Gasteiger partial charge on any atom is 0.304 e. The maximum absolute atomic E-state index is 13.7. The van der Waals surface area contributed by atoms with Crippen molar-refractivity contribution in [3.05, 3.63) is 83.4 Å². The van der Waals surface area contributed by atoms with Crippen molar-refractivity contribution in [2.24, 2.45) is 0 Å². The molecule has 38 heavy (non-hydrogen) atoms. The summed E-state index contributed by atoms with van der Waals surface area (Å²) in [6.45, 7) is 3.22. The molecule has 6 rings (SSSR count). The van der Waals surface area contributed by atoms with Crippen LogP contribution in [0.25, 0.3) is 5.65 Å². The van der Waals surface area contributed by atoms with Gasteiger partial charge in [-0.25, -0.2) is 13.4 Å². The molecule has 1 aromatic carbocycles. The van der Waals surface area contributed by atoms with Crippen LogP contribution in [0.2, 0.25) is 0 Å². The summed E-state index contributed by atoms with van der Waals surface area (Å²) in [6.07, 6.45) is 5.29. The van der Waals surface area contributed by atoms with Crippen molar-refractivity contribution in [3.8, 4) is 0 Å². The number of carboxylic acids is 1. The van der Waals surface area contributed by atoms with E-state index >= 15 is 0 Å². The van der Waals surface area contributed by atoms with Gasteiger partial charge in [0, 0.05) is 44.0 Å². The summed E-state index contributed by atoms with van der Waals surface area (Å²) in [6, 6.07) is 14.7. The molecule has 0 bridgehead atoms. The Bertz CT molecular complexity index is 1640. The Hall–Kier alpha value is -3.83. The first-order valence-electron chi connectivity index (χ1n) is 12.6. The number of aromatic nitrogens is 4. The molecule has 11 heteroatoms. The molecule has 2 atom stereocenters. The fraction of sp³-hybridized carbons (Fsp3) is 0.333. The topological polar surface area (TPSA) is 121 Å². The van der Waals surface area contributed by atoms with Gasteiger partial charge in [0.05, 0.1) is 6.42 Å². The molecule has 196 valence electrons. The molecule has 4 aromatic rings. The number of carboxylic acid groups (broad SMARTS) is 1. The van der Waals surface area contributed by atoms with Crippen LogP contribution in [-0.2, 0) is 21.4 Å². The summed E-state index contributed by atoms with van der Waals surface area (Å²) in [5, 5.41) is 18.0. The van der Waals surface area contributed by atoms with Gasteiger partial charge >= 0.3 is 5.97 Å². The van der Waals surface area contributed by atoms with Gasteiger partial charge in [-0.3, -0.25) is 9.20 Å². The Morgan fingerprint density at radius 3 is 2.82 bits per heavy atom. The van der Waals surface area contributed by atoms with Crippen LogP contribution in [0.15, 0.2) is 65.8 Å². The number of benzene rings is 1. The number of aryl methyl sites for hydroxylation is 1. The van der Waals surface area contributed by atoms with Crippen LogP contribution in [0.3, 0.4) is 0 Å². The zero-order chi connectivity index (χ0) is 26.4. The van der Waals surface area contributed by atoms with Gasteiger partial charge in [-0.2, -0.15) is 4.31 Å². The van der Waals surface area contributed by atoms with Crippen molar-refractivity contribution in [3.63, 3.8) is 0 Å². The third-order valence-corrected chi connectivity index (χ3v) is 9.36. The van der Waals surface area contributed by atoms with Crippen molar-refractivity contribution >= 4 is 27.5 Å². The van der Waals surface area contributed by atoms with Crippen LogP contribution in [0.1, 0.15) is 47.7 Å². The number of sulfonamides is 1. The molecule has 0 spiro atoms. The fourth-order valence-electron chi connectivity index (χ4n) is 5.68. The van der Waals surface area contributed by atoms with Crippen LogP contribution < -0.4 is 4.90 Å². The molecule has 3 aromatic heterocycles. The van der Waals surface area contributed by atoms with E-state index in [1.54, 1.807) is 22.6 Å². The van der Waals surface area contributed by atoms with Gasteiger partial charge in [0.1, 0.15) is 16.5 Å². The molecule has 1 saturated heterocycles. The highest BCUT2D eigenvalue weighted by Gasteiger charge is 2.40. The summed E-state index contributed by atoms with van der Waals surface area (Å²) >= 11 is 0. The highest BCUT2D eigenvalue weighted by atomic mass is 32.2. The lowest BCUT2D eigenvalue weighted by atomic mass is 9.88. The van der Waals surface area contributed by atoms with E-state index in [0.29, 0.717) is 18.0 Å². The quantitative estimate of drug-likeness (QED) is 0.402. The van der Waals surface area contributed by atoms with Gasteiger partial charge in [-0.1, -0.05) is 24.3 Å². The molecule has 1 fully saturated rings. The van der Waals surface area contributed by atoms with Crippen molar-refractivity contribution in [1.82, 2.24) is 23.9 Å². The average Bonchev–Trinajstić information content (AvgIpc) is 3.51. The first-order valence-corrected chi connectivity index (χ1v) is 14.1. The minimum absolute atomic E-state index is 0.0715. The number of aliphatic carboxylic acids is 1. The molecule has 5 heterocycles. The Labute approximate surface area is 220 Å². The standard InChI is InChI=1S/C27H28N6O4S/c1-18-29-30-25-14-21(9-12-32(18)25)23(15-26(34)35)20-6-2-5-19(13-20)16-31-17-22-7-4-11-33(22)27-24(38(31,36)37)8-3-10-28-27/h2-3,5-6,8-10,12-14,22-23H,4,7,11,15-17H2,1H3,(H,34,35)/t22?,23-/m1/s1. The Balaban J connectivity index is 1.35. The molecule has 0 amide bonds. The molecule has 10 nitrogen and oxygen atoms in total. The van der Waals surface area contributed by atoms with Gasteiger partial charge in [0.2, 0.25) is 10.0 Å².